The Morgan fingerprint density at radius 1 is 1.59 bits per heavy atom. The van der Waals surface area contributed by atoms with Crippen LogP contribution in [0.2, 0.25) is 0 Å². The van der Waals surface area contributed by atoms with Crippen LogP contribution in [0, 0.1) is 5.82 Å². The van der Waals surface area contributed by atoms with Crippen molar-refractivity contribution in [1.82, 2.24) is 0 Å². The number of azide groups is 1. The van der Waals surface area contributed by atoms with Crippen LogP contribution in [-0.2, 0) is 0 Å². The van der Waals surface area contributed by atoms with Crippen LogP contribution < -0.4 is 0 Å². The molecule has 0 spiro atoms. The number of rotatable bonds is 5. The molecule has 6 heteroatoms. The zero-order valence-corrected chi connectivity index (χ0v) is 8.88. The lowest BCUT2D eigenvalue weighted by Gasteiger charge is -1.98. The molecular formula is C11H10FN3O2. The van der Waals surface area contributed by atoms with E-state index in [2.05, 4.69) is 10.0 Å². The second-order valence-corrected chi connectivity index (χ2v) is 3.19. The minimum Gasteiger partial charge on any atom is -0.478 e. The number of carbonyl (C=O) groups is 1. The third-order valence-electron chi connectivity index (χ3n) is 1.99. The second-order valence-electron chi connectivity index (χ2n) is 3.19. The van der Waals surface area contributed by atoms with E-state index in [4.69, 9.17) is 10.6 Å². The van der Waals surface area contributed by atoms with Crippen molar-refractivity contribution in [3.63, 3.8) is 0 Å². The molecule has 0 bridgehead atoms. The highest BCUT2D eigenvalue weighted by atomic mass is 19.1. The van der Waals surface area contributed by atoms with Gasteiger partial charge in [-0.2, -0.15) is 0 Å². The van der Waals surface area contributed by atoms with E-state index < -0.39 is 11.8 Å². The number of aromatic carboxylic acids is 1. The molecule has 0 heterocycles. The molecule has 1 N–H and O–H groups in total. The summed E-state index contributed by atoms with van der Waals surface area (Å²) < 4.78 is 13.2. The molecule has 0 aliphatic heterocycles. The molecule has 0 radical (unpaired) electrons. The summed E-state index contributed by atoms with van der Waals surface area (Å²) in [6.07, 6.45) is 3.91. The Labute approximate surface area is 96.8 Å². The number of hydrogen-bond donors (Lipinski definition) is 1. The molecular weight excluding hydrogens is 225 g/mol. The third-order valence-corrected chi connectivity index (χ3v) is 1.99. The molecule has 0 aliphatic carbocycles. The maximum absolute atomic E-state index is 13.2. The largest absolute Gasteiger partial charge is 0.478 e. The fourth-order valence-corrected chi connectivity index (χ4v) is 1.20. The predicted molar refractivity (Wildman–Crippen MR) is 61.0 cm³/mol. The summed E-state index contributed by atoms with van der Waals surface area (Å²) in [5.74, 6) is -2.06. The fraction of sp³-hybridized carbons (Fsp3) is 0.182. The molecule has 0 saturated heterocycles. The minimum absolute atomic E-state index is 0.336. The van der Waals surface area contributed by atoms with Crippen LogP contribution in [0.5, 0.6) is 0 Å². The summed E-state index contributed by atoms with van der Waals surface area (Å²) in [7, 11) is 0. The Morgan fingerprint density at radius 2 is 2.35 bits per heavy atom. The van der Waals surface area contributed by atoms with Gasteiger partial charge in [0.25, 0.3) is 0 Å². The number of benzene rings is 1. The zero-order chi connectivity index (χ0) is 12.7. The maximum Gasteiger partial charge on any atom is 0.338 e. The van der Waals surface area contributed by atoms with Crippen molar-refractivity contribution in [3.05, 3.63) is 51.7 Å². The quantitative estimate of drug-likeness (QED) is 0.367. The smallest absolute Gasteiger partial charge is 0.338 e. The van der Waals surface area contributed by atoms with Gasteiger partial charge in [0, 0.05) is 11.5 Å². The lowest BCUT2D eigenvalue weighted by atomic mass is 10.1. The second kappa shape index (κ2) is 6.30. The van der Waals surface area contributed by atoms with Crippen LogP contribution in [0.15, 0.2) is 29.4 Å². The van der Waals surface area contributed by atoms with Crippen LogP contribution in [0.4, 0.5) is 4.39 Å². The number of carboxylic acid groups (broad SMARTS) is 1. The third kappa shape index (κ3) is 3.96. The van der Waals surface area contributed by atoms with Gasteiger partial charge in [0.05, 0.1) is 5.56 Å². The van der Waals surface area contributed by atoms with Crippen molar-refractivity contribution >= 4 is 12.0 Å². The lowest BCUT2D eigenvalue weighted by molar-refractivity contribution is 0.0692. The first-order chi connectivity index (χ1) is 8.15. The van der Waals surface area contributed by atoms with Crippen molar-refractivity contribution in [3.8, 4) is 0 Å². The molecule has 0 saturated carbocycles. The molecule has 88 valence electrons. The molecule has 1 aromatic rings. The highest BCUT2D eigenvalue weighted by Gasteiger charge is 2.08. The van der Waals surface area contributed by atoms with Gasteiger partial charge in [0.15, 0.2) is 0 Å². The Hall–Kier alpha value is -2.33. The van der Waals surface area contributed by atoms with Gasteiger partial charge in [-0.15, -0.1) is 0 Å². The molecule has 5 nitrogen and oxygen atoms in total. The van der Waals surface area contributed by atoms with Crippen LogP contribution in [0.3, 0.4) is 0 Å². The van der Waals surface area contributed by atoms with Gasteiger partial charge in [-0.3, -0.25) is 0 Å². The number of hydrogen-bond acceptors (Lipinski definition) is 2. The normalized spacial score (nSPS) is 10.2. The Kier molecular flexibility index (Phi) is 4.72. The van der Waals surface area contributed by atoms with E-state index >= 15 is 0 Å². The van der Waals surface area contributed by atoms with Crippen LogP contribution in [-0.4, -0.2) is 17.6 Å². The highest BCUT2D eigenvalue weighted by Crippen LogP contribution is 2.12. The number of halogens is 1. The van der Waals surface area contributed by atoms with E-state index in [0.717, 1.165) is 6.07 Å². The Bertz CT molecular complexity index is 493. The SMILES string of the molecule is [N-]=[N+]=NCCC=Cc1ccc(C(=O)O)c(F)c1. The van der Waals surface area contributed by atoms with Crippen molar-refractivity contribution < 1.29 is 14.3 Å². The molecule has 0 amide bonds. The standard InChI is InChI=1S/C11H10FN3O2/c12-10-7-8(3-1-2-6-14-15-13)4-5-9(10)11(16)17/h1,3-5,7H,2,6H2,(H,16,17). The molecule has 0 aromatic heterocycles. The van der Waals surface area contributed by atoms with E-state index in [9.17, 15) is 9.18 Å². The first kappa shape index (κ1) is 12.7. The highest BCUT2D eigenvalue weighted by molar-refractivity contribution is 5.88. The van der Waals surface area contributed by atoms with Gasteiger partial charge in [0.2, 0.25) is 0 Å². The van der Waals surface area contributed by atoms with Crippen molar-refractivity contribution in [2.45, 2.75) is 6.42 Å². The summed E-state index contributed by atoms with van der Waals surface area (Å²) in [6.45, 7) is 0.336. The van der Waals surface area contributed by atoms with Crippen LogP contribution in [0.1, 0.15) is 22.3 Å². The average molecular weight is 235 g/mol. The predicted octanol–water partition coefficient (Wildman–Crippen LogP) is 3.24. The summed E-state index contributed by atoms with van der Waals surface area (Å²) in [5, 5.41) is 12.0. The fourth-order valence-electron chi connectivity index (χ4n) is 1.20. The zero-order valence-electron chi connectivity index (χ0n) is 8.88. The van der Waals surface area contributed by atoms with Gasteiger partial charge < -0.3 is 5.11 Å². The average Bonchev–Trinajstić information content (AvgIpc) is 2.28. The molecule has 1 aromatic carbocycles. The molecule has 0 aliphatic rings. The molecule has 1 rings (SSSR count). The number of carboxylic acids is 1. The van der Waals surface area contributed by atoms with Gasteiger partial charge in [0.1, 0.15) is 5.82 Å². The van der Waals surface area contributed by atoms with E-state index in [1.807, 2.05) is 0 Å². The molecule has 17 heavy (non-hydrogen) atoms. The van der Waals surface area contributed by atoms with Crippen LogP contribution >= 0.6 is 0 Å². The van der Waals surface area contributed by atoms with Gasteiger partial charge >= 0.3 is 5.97 Å². The first-order valence-electron chi connectivity index (χ1n) is 4.85. The van der Waals surface area contributed by atoms with E-state index in [1.54, 1.807) is 12.2 Å². The summed E-state index contributed by atoms with van der Waals surface area (Å²) in [6, 6.07) is 3.87. The minimum atomic E-state index is -1.29. The van der Waals surface area contributed by atoms with Gasteiger partial charge in [-0.25, -0.2) is 9.18 Å². The van der Waals surface area contributed by atoms with E-state index in [0.29, 0.717) is 18.5 Å². The lowest BCUT2D eigenvalue weighted by Crippen LogP contribution is -2.00. The molecule has 0 unspecified atom stereocenters. The topological polar surface area (TPSA) is 86.1 Å². The monoisotopic (exact) mass is 235 g/mol. The summed E-state index contributed by atoms with van der Waals surface area (Å²) >= 11 is 0. The maximum atomic E-state index is 13.2. The Balaban J connectivity index is 2.70. The summed E-state index contributed by atoms with van der Waals surface area (Å²) in [5.41, 5.74) is 8.24. The van der Waals surface area contributed by atoms with Crippen LogP contribution in [0.25, 0.3) is 16.5 Å². The molecule has 0 atom stereocenters. The van der Waals surface area contributed by atoms with Crippen molar-refractivity contribution in [2.24, 2.45) is 5.11 Å². The summed E-state index contributed by atoms with van der Waals surface area (Å²) in [4.78, 5) is 13.2. The van der Waals surface area contributed by atoms with Crippen molar-refractivity contribution in [1.29, 1.82) is 0 Å². The first-order valence-corrected chi connectivity index (χ1v) is 4.85. The van der Waals surface area contributed by atoms with Gasteiger partial charge in [-0.1, -0.05) is 23.3 Å². The van der Waals surface area contributed by atoms with Gasteiger partial charge in [-0.05, 0) is 29.6 Å². The molecule has 0 fully saturated rings. The van der Waals surface area contributed by atoms with E-state index in [1.165, 1.54) is 12.1 Å². The van der Waals surface area contributed by atoms with E-state index in [-0.39, 0.29) is 5.56 Å². The van der Waals surface area contributed by atoms with Crippen molar-refractivity contribution in [2.75, 3.05) is 6.54 Å². The number of nitrogens with zero attached hydrogens (tertiary/aromatic N) is 3. The Morgan fingerprint density at radius 3 is 2.94 bits per heavy atom.